The van der Waals surface area contributed by atoms with E-state index in [1.54, 1.807) is 12.4 Å². The van der Waals surface area contributed by atoms with Gasteiger partial charge in [-0.1, -0.05) is 13.3 Å². The standard InChI is InChI=1S/C14H21N5O/c1-2-10-5-3-4-6-11(10)20-14-13-16-7-8-19(13)9-12(17-14)18-15/h7-11,18H,2-6,15H2,1H3. The second-order valence-corrected chi connectivity index (χ2v) is 5.34. The van der Waals surface area contributed by atoms with Crippen molar-refractivity contribution in [2.45, 2.75) is 45.1 Å². The number of hydrogen-bond acceptors (Lipinski definition) is 5. The molecule has 1 aliphatic rings. The number of fused-ring (bicyclic) bond motifs is 1. The number of anilines is 1. The molecule has 20 heavy (non-hydrogen) atoms. The molecule has 3 N–H and O–H groups in total. The van der Waals surface area contributed by atoms with E-state index in [1.807, 2.05) is 10.6 Å². The van der Waals surface area contributed by atoms with Gasteiger partial charge in [0.2, 0.25) is 5.65 Å². The second kappa shape index (κ2) is 5.66. The minimum atomic E-state index is 0.231. The summed E-state index contributed by atoms with van der Waals surface area (Å²) in [5, 5.41) is 0. The maximum atomic E-state index is 6.18. The third-order valence-electron chi connectivity index (χ3n) is 4.12. The van der Waals surface area contributed by atoms with Gasteiger partial charge in [0.05, 0.1) is 6.20 Å². The van der Waals surface area contributed by atoms with Crippen LogP contribution in [-0.2, 0) is 0 Å². The number of hydrogen-bond donors (Lipinski definition) is 2. The lowest BCUT2D eigenvalue weighted by atomic mass is 9.85. The molecule has 1 aliphatic carbocycles. The van der Waals surface area contributed by atoms with Crippen LogP contribution >= 0.6 is 0 Å². The summed E-state index contributed by atoms with van der Waals surface area (Å²) in [6.45, 7) is 2.22. The van der Waals surface area contributed by atoms with Crippen LogP contribution in [0.2, 0.25) is 0 Å². The second-order valence-electron chi connectivity index (χ2n) is 5.34. The van der Waals surface area contributed by atoms with Gasteiger partial charge in [-0.05, 0) is 31.6 Å². The Morgan fingerprint density at radius 1 is 1.45 bits per heavy atom. The van der Waals surface area contributed by atoms with Crippen LogP contribution in [0.1, 0.15) is 39.0 Å². The van der Waals surface area contributed by atoms with Gasteiger partial charge >= 0.3 is 0 Å². The molecule has 6 heteroatoms. The molecule has 2 unspecified atom stereocenters. The lowest BCUT2D eigenvalue weighted by molar-refractivity contribution is 0.0870. The summed E-state index contributed by atoms with van der Waals surface area (Å²) >= 11 is 0. The number of hydrazine groups is 1. The quantitative estimate of drug-likeness (QED) is 0.661. The highest BCUT2D eigenvalue weighted by Crippen LogP contribution is 2.31. The SMILES string of the molecule is CCC1CCCCC1Oc1nc(NN)cn2ccnc12. The van der Waals surface area contributed by atoms with Crippen molar-refractivity contribution in [3.8, 4) is 5.88 Å². The molecular formula is C14H21N5O. The number of imidazole rings is 1. The zero-order valence-electron chi connectivity index (χ0n) is 11.7. The van der Waals surface area contributed by atoms with Crippen molar-refractivity contribution in [1.82, 2.24) is 14.4 Å². The monoisotopic (exact) mass is 275 g/mol. The van der Waals surface area contributed by atoms with Gasteiger partial charge in [0.15, 0.2) is 5.82 Å². The minimum absolute atomic E-state index is 0.231. The molecule has 1 saturated carbocycles. The van der Waals surface area contributed by atoms with E-state index < -0.39 is 0 Å². The van der Waals surface area contributed by atoms with Crippen molar-refractivity contribution >= 4 is 11.5 Å². The van der Waals surface area contributed by atoms with Crippen LogP contribution < -0.4 is 16.0 Å². The lowest BCUT2D eigenvalue weighted by Gasteiger charge is -2.30. The Kier molecular flexibility index (Phi) is 3.73. The number of nitrogens with one attached hydrogen (secondary N) is 1. The molecule has 0 spiro atoms. The van der Waals surface area contributed by atoms with Crippen LogP contribution in [0, 0.1) is 5.92 Å². The van der Waals surface area contributed by atoms with E-state index >= 15 is 0 Å². The van der Waals surface area contributed by atoms with Crippen LogP contribution in [0.4, 0.5) is 5.82 Å². The van der Waals surface area contributed by atoms with Gasteiger partial charge in [-0.3, -0.25) is 4.40 Å². The first-order valence-electron chi connectivity index (χ1n) is 7.28. The van der Waals surface area contributed by atoms with Crippen molar-refractivity contribution in [2.24, 2.45) is 11.8 Å². The molecule has 0 aromatic carbocycles. The van der Waals surface area contributed by atoms with Gasteiger partial charge in [0.25, 0.3) is 5.88 Å². The number of nitrogens with two attached hydrogens (primary N) is 1. The maximum Gasteiger partial charge on any atom is 0.260 e. The molecule has 2 heterocycles. The van der Waals surface area contributed by atoms with Crippen LogP contribution in [-0.4, -0.2) is 20.5 Å². The Morgan fingerprint density at radius 3 is 3.10 bits per heavy atom. The van der Waals surface area contributed by atoms with Crippen LogP contribution in [0.3, 0.4) is 0 Å². The third-order valence-corrected chi connectivity index (χ3v) is 4.12. The summed E-state index contributed by atoms with van der Waals surface area (Å²) in [5.41, 5.74) is 3.31. The molecule has 2 aromatic heterocycles. The van der Waals surface area contributed by atoms with Crippen molar-refractivity contribution < 1.29 is 4.74 Å². The van der Waals surface area contributed by atoms with E-state index in [9.17, 15) is 0 Å². The molecule has 6 nitrogen and oxygen atoms in total. The van der Waals surface area contributed by atoms with Gasteiger partial charge < -0.3 is 10.2 Å². The summed E-state index contributed by atoms with van der Waals surface area (Å²) in [6.07, 6.45) is 11.6. The van der Waals surface area contributed by atoms with E-state index in [1.165, 1.54) is 19.3 Å². The van der Waals surface area contributed by atoms with Crippen molar-refractivity contribution in [3.63, 3.8) is 0 Å². The largest absolute Gasteiger partial charge is 0.471 e. The molecule has 0 bridgehead atoms. The predicted octanol–water partition coefficient (Wildman–Crippen LogP) is 2.36. The zero-order valence-corrected chi connectivity index (χ0v) is 11.7. The summed E-state index contributed by atoms with van der Waals surface area (Å²) < 4.78 is 8.06. The average molecular weight is 275 g/mol. The molecule has 0 saturated heterocycles. The molecule has 0 radical (unpaired) electrons. The van der Waals surface area contributed by atoms with E-state index in [-0.39, 0.29) is 6.10 Å². The summed E-state index contributed by atoms with van der Waals surface area (Å²) in [7, 11) is 0. The van der Waals surface area contributed by atoms with E-state index in [4.69, 9.17) is 10.6 Å². The Balaban J connectivity index is 1.90. The first kappa shape index (κ1) is 13.2. The Bertz CT molecular complexity index is 582. The fraction of sp³-hybridized carbons (Fsp3) is 0.571. The van der Waals surface area contributed by atoms with Gasteiger partial charge in [-0.15, -0.1) is 0 Å². The normalized spacial score (nSPS) is 22.9. The molecule has 1 fully saturated rings. The minimum Gasteiger partial charge on any atom is -0.471 e. The van der Waals surface area contributed by atoms with Crippen molar-refractivity contribution in [2.75, 3.05) is 5.43 Å². The summed E-state index contributed by atoms with van der Waals surface area (Å²) in [4.78, 5) is 8.73. The van der Waals surface area contributed by atoms with Crippen LogP contribution in [0.15, 0.2) is 18.6 Å². The summed E-state index contributed by atoms with van der Waals surface area (Å²) in [6, 6.07) is 0. The molecule has 108 valence electrons. The highest BCUT2D eigenvalue weighted by molar-refractivity contribution is 5.53. The average Bonchev–Trinajstić information content (AvgIpc) is 2.96. The fourth-order valence-electron chi connectivity index (χ4n) is 2.99. The molecule has 2 atom stereocenters. The topological polar surface area (TPSA) is 77.5 Å². The maximum absolute atomic E-state index is 6.18. The van der Waals surface area contributed by atoms with E-state index in [2.05, 4.69) is 22.3 Å². The van der Waals surface area contributed by atoms with Gasteiger partial charge in [0, 0.05) is 12.4 Å². The van der Waals surface area contributed by atoms with E-state index in [0.717, 1.165) is 18.5 Å². The zero-order chi connectivity index (χ0) is 13.9. The predicted molar refractivity (Wildman–Crippen MR) is 77.5 cm³/mol. The van der Waals surface area contributed by atoms with Crippen LogP contribution in [0.25, 0.3) is 5.65 Å². The number of nitrogens with zero attached hydrogens (tertiary/aromatic N) is 3. The van der Waals surface area contributed by atoms with Crippen molar-refractivity contribution in [3.05, 3.63) is 18.6 Å². The lowest BCUT2D eigenvalue weighted by Crippen LogP contribution is -2.30. The van der Waals surface area contributed by atoms with Gasteiger partial charge in [0.1, 0.15) is 6.10 Å². The molecule has 2 aromatic rings. The molecular weight excluding hydrogens is 254 g/mol. The highest BCUT2D eigenvalue weighted by Gasteiger charge is 2.26. The number of aromatic nitrogens is 3. The van der Waals surface area contributed by atoms with Gasteiger partial charge in [-0.25, -0.2) is 10.8 Å². The molecule has 3 rings (SSSR count). The molecule has 0 amide bonds. The molecule has 0 aliphatic heterocycles. The van der Waals surface area contributed by atoms with Crippen molar-refractivity contribution in [1.29, 1.82) is 0 Å². The Labute approximate surface area is 118 Å². The number of nitrogen functional groups attached to an aromatic ring is 1. The van der Waals surface area contributed by atoms with E-state index in [0.29, 0.717) is 17.6 Å². The Morgan fingerprint density at radius 2 is 2.30 bits per heavy atom. The third kappa shape index (κ3) is 2.43. The first-order valence-corrected chi connectivity index (χ1v) is 7.28. The number of ether oxygens (including phenoxy) is 1. The van der Waals surface area contributed by atoms with Crippen LogP contribution in [0.5, 0.6) is 5.88 Å². The smallest absolute Gasteiger partial charge is 0.260 e. The van der Waals surface area contributed by atoms with Gasteiger partial charge in [-0.2, -0.15) is 4.98 Å². The fourth-order valence-corrected chi connectivity index (χ4v) is 2.99. The highest BCUT2D eigenvalue weighted by atomic mass is 16.5. The Hall–Kier alpha value is -1.82. The number of rotatable bonds is 4. The summed E-state index contributed by atoms with van der Waals surface area (Å²) in [5.74, 6) is 7.21. The first-order chi connectivity index (χ1) is 9.81.